The smallest absolute Gasteiger partial charge is 0.108 e. The minimum atomic E-state index is 0.838. The standard InChI is InChI=1S/C19H36N2/c1-4-6-8-10-12-14-18(13-11-9-7-5-2)17-19-20-15-16-21(19)3/h15-16,18H,4-14,17H2,1-3H3. The summed E-state index contributed by atoms with van der Waals surface area (Å²) >= 11 is 0. The van der Waals surface area contributed by atoms with Gasteiger partial charge in [-0.25, -0.2) is 4.98 Å². The summed E-state index contributed by atoms with van der Waals surface area (Å²) in [6.07, 6.45) is 20.5. The zero-order valence-electron chi connectivity index (χ0n) is 14.6. The topological polar surface area (TPSA) is 17.8 Å². The SMILES string of the molecule is CCCCCCCC(CCCCCC)Cc1nccn1C. The zero-order chi connectivity index (χ0) is 15.3. The first-order chi connectivity index (χ1) is 10.3. The van der Waals surface area contributed by atoms with E-state index in [4.69, 9.17) is 0 Å². The van der Waals surface area contributed by atoms with Crippen molar-refractivity contribution in [2.75, 3.05) is 0 Å². The van der Waals surface area contributed by atoms with Crippen molar-refractivity contribution < 1.29 is 0 Å². The van der Waals surface area contributed by atoms with Gasteiger partial charge in [0.2, 0.25) is 0 Å². The van der Waals surface area contributed by atoms with Crippen molar-refractivity contribution in [1.29, 1.82) is 0 Å². The van der Waals surface area contributed by atoms with Gasteiger partial charge >= 0.3 is 0 Å². The lowest BCUT2D eigenvalue weighted by Crippen LogP contribution is -2.09. The van der Waals surface area contributed by atoms with E-state index in [9.17, 15) is 0 Å². The van der Waals surface area contributed by atoms with Gasteiger partial charge in [-0.1, -0.05) is 84.5 Å². The van der Waals surface area contributed by atoms with Crippen LogP contribution in [0.4, 0.5) is 0 Å². The third-order valence-electron chi connectivity index (χ3n) is 4.57. The Kier molecular flexibility index (Phi) is 10.3. The molecule has 0 radical (unpaired) electrons. The summed E-state index contributed by atoms with van der Waals surface area (Å²) in [5.74, 6) is 2.11. The lowest BCUT2D eigenvalue weighted by Gasteiger charge is -2.17. The van der Waals surface area contributed by atoms with Crippen molar-refractivity contribution in [1.82, 2.24) is 9.55 Å². The molecule has 0 fully saturated rings. The average molecular weight is 293 g/mol. The van der Waals surface area contributed by atoms with Crippen LogP contribution >= 0.6 is 0 Å². The highest BCUT2D eigenvalue weighted by Crippen LogP contribution is 2.22. The summed E-state index contributed by atoms with van der Waals surface area (Å²) in [6.45, 7) is 4.58. The van der Waals surface area contributed by atoms with Crippen LogP contribution < -0.4 is 0 Å². The molecule has 2 heteroatoms. The summed E-state index contributed by atoms with van der Waals surface area (Å²) in [4.78, 5) is 4.52. The number of imidazole rings is 1. The lowest BCUT2D eigenvalue weighted by atomic mass is 9.91. The van der Waals surface area contributed by atoms with E-state index in [2.05, 4.69) is 36.6 Å². The summed E-state index contributed by atoms with van der Waals surface area (Å²) in [6, 6.07) is 0. The van der Waals surface area contributed by atoms with Gasteiger partial charge in [0.05, 0.1) is 0 Å². The number of unbranched alkanes of at least 4 members (excludes halogenated alkanes) is 7. The Bertz CT molecular complexity index is 343. The molecule has 0 amide bonds. The number of aromatic nitrogens is 2. The molecule has 1 heterocycles. The number of hydrogen-bond donors (Lipinski definition) is 0. The lowest BCUT2D eigenvalue weighted by molar-refractivity contribution is 0.393. The second-order valence-electron chi connectivity index (χ2n) is 6.58. The van der Waals surface area contributed by atoms with E-state index in [0.717, 1.165) is 5.92 Å². The largest absolute Gasteiger partial charge is 0.338 e. The van der Waals surface area contributed by atoms with E-state index < -0.39 is 0 Å². The van der Waals surface area contributed by atoms with Crippen molar-refractivity contribution in [3.8, 4) is 0 Å². The average Bonchev–Trinajstić information content (AvgIpc) is 2.88. The van der Waals surface area contributed by atoms with Gasteiger partial charge in [-0.05, 0) is 5.92 Å². The first-order valence-electron chi connectivity index (χ1n) is 9.24. The fourth-order valence-electron chi connectivity index (χ4n) is 3.10. The third-order valence-corrected chi connectivity index (χ3v) is 4.57. The predicted molar refractivity (Wildman–Crippen MR) is 92.5 cm³/mol. The summed E-state index contributed by atoms with van der Waals surface area (Å²) < 4.78 is 2.19. The highest BCUT2D eigenvalue weighted by Gasteiger charge is 2.12. The molecule has 21 heavy (non-hydrogen) atoms. The Morgan fingerprint density at radius 3 is 2.00 bits per heavy atom. The van der Waals surface area contributed by atoms with Gasteiger partial charge in [0, 0.05) is 25.9 Å². The minimum Gasteiger partial charge on any atom is -0.338 e. The maximum atomic E-state index is 4.52. The molecule has 0 aliphatic heterocycles. The van der Waals surface area contributed by atoms with Crippen LogP contribution in [0.3, 0.4) is 0 Å². The van der Waals surface area contributed by atoms with Gasteiger partial charge in [-0.15, -0.1) is 0 Å². The van der Waals surface area contributed by atoms with E-state index in [1.54, 1.807) is 0 Å². The van der Waals surface area contributed by atoms with E-state index in [1.807, 2.05) is 6.20 Å². The van der Waals surface area contributed by atoms with Crippen LogP contribution in [0.25, 0.3) is 0 Å². The fourth-order valence-corrected chi connectivity index (χ4v) is 3.10. The van der Waals surface area contributed by atoms with E-state index in [0.29, 0.717) is 0 Å². The summed E-state index contributed by atoms with van der Waals surface area (Å²) in [5.41, 5.74) is 0. The van der Waals surface area contributed by atoms with Gasteiger partial charge in [0.1, 0.15) is 5.82 Å². The monoisotopic (exact) mass is 292 g/mol. The van der Waals surface area contributed by atoms with Crippen LogP contribution in [0.2, 0.25) is 0 Å². The molecular weight excluding hydrogens is 256 g/mol. The molecule has 0 saturated carbocycles. The number of aryl methyl sites for hydroxylation is 1. The van der Waals surface area contributed by atoms with Crippen LogP contribution in [-0.2, 0) is 13.5 Å². The summed E-state index contributed by atoms with van der Waals surface area (Å²) in [7, 11) is 2.12. The molecular formula is C19H36N2. The highest BCUT2D eigenvalue weighted by atomic mass is 15.0. The molecule has 1 unspecified atom stereocenters. The van der Waals surface area contributed by atoms with Crippen LogP contribution in [0.15, 0.2) is 12.4 Å². The van der Waals surface area contributed by atoms with Crippen LogP contribution in [0.5, 0.6) is 0 Å². The molecule has 0 aliphatic rings. The molecule has 0 aromatic carbocycles. The van der Waals surface area contributed by atoms with E-state index in [-0.39, 0.29) is 0 Å². The molecule has 0 aliphatic carbocycles. The molecule has 122 valence electrons. The molecule has 1 aromatic rings. The van der Waals surface area contributed by atoms with Crippen molar-refractivity contribution >= 4 is 0 Å². The molecule has 0 N–H and O–H groups in total. The van der Waals surface area contributed by atoms with Gasteiger partial charge < -0.3 is 4.57 Å². The quantitative estimate of drug-likeness (QED) is 0.413. The molecule has 0 bridgehead atoms. The maximum Gasteiger partial charge on any atom is 0.108 e. The normalized spacial score (nSPS) is 12.7. The van der Waals surface area contributed by atoms with Crippen LogP contribution in [-0.4, -0.2) is 9.55 Å². The number of hydrogen-bond acceptors (Lipinski definition) is 1. The molecule has 0 spiro atoms. The van der Waals surface area contributed by atoms with Gasteiger partial charge in [-0.2, -0.15) is 0 Å². The Hall–Kier alpha value is -0.790. The predicted octanol–water partition coefficient (Wildman–Crippen LogP) is 5.91. The highest BCUT2D eigenvalue weighted by molar-refractivity contribution is 4.92. The van der Waals surface area contributed by atoms with Gasteiger partial charge in [0.15, 0.2) is 0 Å². The first-order valence-corrected chi connectivity index (χ1v) is 9.24. The number of rotatable bonds is 13. The first kappa shape index (κ1) is 18.3. The van der Waals surface area contributed by atoms with Crippen molar-refractivity contribution in [2.45, 2.75) is 90.9 Å². The van der Waals surface area contributed by atoms with E-state index in [1.165, 1.54) is 82.9 Å². The van der Waals surface area contributed by atoms with Crippen molar-refractivity contribution in [3.63, 3.8) is 0 Å². The second-order valence-corrected chi connectivity index (χ2v) is 6.58. The van der Waals surface area contributed by atoms with Crippen LogP contribution in [0.1, 0.15) is 90.3 Å². The molecule has 1 aromatic heterocycles. The zero-order valence-corrected chi connectivity index (χ0v) is 14.6. The van der Waals surface area contributed by atoms with Gasteiger partial charge in [0.25, 0.3) is 0 Å². The van der Waals surface area contributed by atoms with Gasteiger partial charge in [-0.3, -0.25) is 0 Å². The Morgan fingerprint density at radius 1 is 0.905 bits per heavy atom. The minimum absolute atomic E-state index is 0.838. The molecule has 2 nitrogen and oxygen atoms in total. The summed E-state index contributed by atoms with van der Waals surface area (Å²) in [5, 5.41) is 0. The Morgan fingerprint density at radius 2 is 1.48 bits per heavy atom. The molecule has 1 rings (SSSR count). The van der Waals surface area contributed by atoms with Crippen molar-refractivity contribution in [2.24, 2.45) is 13.0 Å². The third kappa shape index (κ3) is 8.28. The van der Waals surface area contributed by atoms with Crippen LogP contribution in [0, 0.1) is 5.92 Å². The fraction of sp³-hybridized carbons (Fsp3) is 0.842. The van der Waals surface area contributed by atoms with E-state index >= 15 is 0 Å². The van der Waals surface area contributed by atoms with Crippen molar-refractivity contribution in [3.05, 3.63) is 18.2 Å². The Labute approximate surface area is 132 Å². The Balaban J connectivity index is 2.32. The molecule has 1 atom stereocenters. The molecule has 0 saturated heterocycles. The number of nitrogens with zero attached hydrogens (tertiary/aromatic N) is 2. The second kappa shape index (κ2) is 11.8. The maximum absolute atomic E-state index is 4.52.